The van der Waals surface area contributed by atoms with Crippen molar-refractivity contribution in [3.63, 3.8) is 0 Å². The molecule has 5 rings (SSSR count). The van der Waals surface area contributed by atoms with Gasteiger partial charge in [0.05, 0.1) is 41.7 Å². The van der Waals surface area contributed by atoms with Crippen LogP contribution in [0.15, 0.2) is 52.1 Å². The van der Waals surface area contributed by atoms with Crippen molar-refractivity contribution >= 4 is 33.7 Å². The summed E-state index contributed by atoms with van der Waals surface area (Å²) in [6, 6.07) is 13.6. The molecule has 2 aromatic carbocycles. The molecule has 1 saturated heterocycles. The van der Waals surface area contributed by atoms with Gasteiger partial charge in [0.1, 0.15) is 0 Å². The fraction of sp³-hybridized carbons (Fsp3) is 0.364. The van der Waals surface area contributed by atoms with Crippen LogP contribution < -0.4 is 16.3 Å². The van der Waals surface area contributed by atoms with Gasteiger partial charge in [-0.25, -0.2) is 9.59 Å². The number of nitrogens with zero attached hydrogens (tertiary/aromatic N) is 2. The fourth-order valence-corrected chi connectivity index (χ4v) is 4.97. The highest BCUT2D eigenvalue weighted by atomic mass is 35.5. The van der Waals surface area contributed by atoms with Gasteiger partial charge >= 0.3 is 11.4 Å². The molecule has 0 aliphatic carbocycles. The van der Waals surface area contributed by atoms with Gasteiger partial charge in [-0.2, -0.15) is 0 Å². The zero-order valence-electron chi connectivity index (χ0n) is 16.7. The van der Waals surface area contributed by atoms with Crippen molar-refractivity contribution in [1.29, 1.82) is 0 Å². The van der Waals surface area contributed by atoms with Crippen molar-refractivity contribution in [3.8, 4) is 0 Å². The molecule has 0 saturated carbocycles. The van der Waals surface area contributed by atoms with Gasteiger partial charge < -0.3 is 14.9 Å². The molecule has 4 aromatic rings. The third-order valence-electron chi connectivity index (χ3n) is 6.30. The maximum absolute atomic E-state index is 12.5. The van der Waals surface area contributed by atoms with Crippen molar-refractivity contribution in [2.24, 2.45) is 0 Å². The molecule has 0 radical (unpaired) electrons. The molecule has 2 aromatic heterocycles. The second kappa shape index (κ2) is 7.81. The smallest absolute Gasteiger partial charge is 0.326 e. The maximum Gasteiger partial charge on any atom is 0.326 e. The van der Waals surface area contributed by atoms with Crippen LogP contribution in [0.25, 0.3) is 22.1 Å². The van der Waals surface area contributed by atoms with E-state index in [0.717, 1.165) is 67.5 Å². The largest absolute Gasteiger partial charge is 0.335 e. The number of quaternary nitrogens is 1. The number of aryl methyl sites for hydroxylation is 1. The molecule has 0 spiro atoms. The van der Waals surface area contributed by atoms with Crippen molar-refractivity contribution in [2.45, 2.75) is 31.8 Å². The average Bonchev–Trinajstić information content (AvgIpc) is 3.23. The number of halogens is 1. The maximum atomic E-state index is 12.5. The predicted octanol–water partition coefficient (Wildman–Crippen LogP) is 1.94. The number of rotatable bonds is 5. The van der Waals surface area contributed by atoms with Crippen LogP contribution in [0.3, 0.4) is 0 Å². The van der Waals surface area contributed by atoms with Crippen LogP contribution in [0.2, 0.25) is 5.02 Å². The predicted molar refractivity (Wildman–Crippen MR) is 119 cm³/mol. The summed E-state index contributed by atoms with van der Waals surface area (Å²) < 4.78 is 3.73. The number of imidazole rings is 2. The van der Waals surface area contributed by atoms with E-state index >= 15 is 0 Å². The van der Waals surface area contributed by atoms with E-state index in [1.54, 1.807) is 0 Å². The van der Waals surface area contributed by atoms with E-state index in [0.29, 0.717) is 5.02 Å². The molecule has 3 N–H and O–H groups in total. The zero-order valence-corrected chi connectivity index (χ0v) is 17.4. The Bertz CT molecular complexity index is 1310. The van der Waals surface area contributed by atoms with Crippen molar-refractivity contribution in [1.82, 2.24) is 19.1 Å². The first-order valence-electron chi connectivity index (χ1n) is 10.5. The summed E-state index contributed by atoms with van der Waals surface area (Å²) in [7, 11) is 0. The molecule has 30 heavy (non-hydrogen) atoms. The quantitative estimate of drug-likeness (QED) is 0.456. The Morgan fingerprint density at radius 1 is 0.967 bits per heavy atom. The van der Waals surface area contributed by atoms with Crippen molar-refractivity contribution in [3.05, 3.63) is 68.5 Å². The number of aromatic nitrogens is 4. The number of hydrogen-bond acceptors (Lipinski definition) is 2. The summed E-state index contributed by atoms with van der Waals surface area (Å²) in [6.07, 6.45) is 2.89. The monoisotopic (exact) mass is 426 g/mol. The minimum atomic E-state index is -0.0561. The molecule has 156 valence electrons. The van der Waals surface area contributed by atoms with Crippen LogP contribution >= 0.6 is 11.6 Å². The Kier molecular flexibility index (Phi) is 5.00. The van der Waals surface area contributed by atoms with Gasteiger partial charge in [0.15, 0.2) is 0 Å². The number of hydrogen-bond donors (Lipinski definition) is 3. The van der Waals surface area contributed by atoms with Gasteiger partial charge in [0.25, 0.3) is 0 Å². The van der Waals surface area contributed by atoms with Crippen LogP contribution in [0.5, 0.6) is 0 Å². The van der Waals surface area contributed by atoms with E-state index in [1.165, 1.54) is 4.90 Å². The summed E-state index contributed by atoms with van der Waals surface area (Å²) in [6.45, 7) is 3.80. The van der Waals surface area contributed by atoms with Crippen LogP contribution in [0.1, 0.15) is 25.3 Å². The molecule has 7 nitrogen and oxygen atoms in total. The number of para-hydroxylation sites is 2. The van der Waals surface area contributed by atoms with Gasteiger partial charge in [-0.3, -0.25) is 9.13 Å². The first-order valence-corrected chi connectivity index (χ1v) is 10.9. The van der Waals surface area contributed by atoms with Gasteiger partial charge in [0, 0.05) is 36.9 Å². The minimum Gasteiger partial charge on any atom is -0.335 e. The Morgan fingerprint density at radius 3 is 2.57 bits per heavy atom. The standard InChI is InChI=1S/C22H24ClN5O2/c23-15-6-7-20-18(14-15)25-22(30)28(20)16-8-12-26(13-9-16)10-3-11-27-19-5-2-1-4-17(19)24-21(27)29/h1-2,4-7,14,16H,3,8-13H2,(H,24,29)(H,25,30)/p+1. The molecule has 1 aliphatic rings. The molecule has 1 aliphatic heterocycles. The topological polar surface area (TPSA) is 80.0 Å². The Balaban J connectivity index is 1.21. The number of H-pyrrole nitrogens is 2. The molecule has 0 bridgehead atoms. The van der Waals surface area contributed by atoms with E-state index < -0.39 is 0 Å². The minimum absolute atomic E-state index is 0.0382. The molecule has 8 heteroatoms. The van der Waals surface area contributed by atoms with Crippen LogP contribution in [-0.2, 0) is 6.54 Å². The van der Waals surface area contributed by atoms with E-state index in [1.807, 2.05) is 51.6 Å². The third kappa shape index (κ3) is 3.48. The zero-order chi connectivity index (χ0) is 20.7. The lowest BCUT2D eigenvalue weighted by atomic mass is 10.0. The second-order valence-electron chi connectivity index (χ2n) is 8.15. The molecule has 0 amide bonds. The fourth-order valence-electron chi connectivity index (χ4n) is 4.80. The highest BCUT2D eigenvalue weighted by Gasteiger charge is 2.25. The normalized spacial score (nSPS) is 19.6. The van der Waals surface area contributed by atoms with Crippen LogP contribution in [0, 0.1) is 0 Å². The average molecular weight is 427 g/mol. The SMILES string of the molecule is O=c1[nH]c2ccccc2n1CCC[NH+]1CCC(n2c(=O)[nH]c3cc(Cl)ccc32)CC1. The molecule has 3 heterocycles. The number of fused-ring (bicyclic) bond motifs is 2. The molecular weight excluding hydrogens is 402 g/mol. The Hall–Kier alpha value is -2.77. The van der Waals surface area contributed by atoms with Crippen LogP contribution in [0.4, 0.5) is 0 Å². The first kappa shape index (κ1) is 19.2. The van der Waals surface area contributed by atoms with E-state index in [-0.39, 0.29) is 17.4 Å². The lowest BCUT2D eigenvalue weighted by Crippen LogP contribution is -3.13. The Labute approximate surface area is 177 Å². The molecular formula is C22H25ClN5O2+. The van der Waals surface area contributed by atoms with Gasteiger partial charge in [0.2, 0.25) is 0 Å². The molecule has 1 fully saturated rings. The lowest BCUT2D eigenvalue weighted by molar-refractivity contribution is -0.906. The van der Waals surface area contributed by atoms with E-state index in [4.69, 9.17) is 11.6 Å². The molecule has 0 atom stereocenters. The Morgan fingerprint density at radius 2 is 1.73 bits per heavy atom. The second-order valence-corrected chi connectivity index (χ2v) is 8.58. The van der Waals surface area contributed by atoms with Crippen LogP contribution in [-0.4, -0.2) is 38.7 Å². The van der Waals surface area contributed by atoms with E-state index in [9.17, 15) is 9.59 Å². The lowest BCUT2D eigenvalue weighted by Gasteiger charge is -2.30. The van der Waals surface area contributed by atoms with Crippen molar-refractivity contribution in [2.75, 3.05) is 19.6 Å². The number of nitrogens with one attached hydrogen (secondary N) is 3. The summed E-state index contributed by atoms with van der Waals surface area (Å²) in [5, 5.41) is 0.629. The van der Waals surface area contributed by atoms with Crippen molar-refractivity contribution < 1.29 is 4.90 Å². The third-order valence-corrected chi connectivity index (χ3v) is 6.53. The number of piperidine rings is 1. The van der Waals surface area contributed by atoms with Gasteiger partial charge in [-0.1, -0.05) is 23.7 Å². The summed E-state index contributed by atoms with van der Waals surface area (Å²) in [4.78, 5) is 32.1. The summed E-state index contributed by atoms with van der Waals surface area (Å²) >= 11 is 6.05. The summed E-state index contributed by atoms with van der Waals surface area (Å²) in [5.41, 5.74) is 3.49. The first-order chi connectivity index (χ1) is 14.6. The highest BCUT2D eigenvalue weighted by molar-refractivity contribution is 6.31. The molecule has 0 unspecified atom stereocenters. The number of aromatic amines is 2. The van der Waals surface area contributed by atoms with Gasteiger partial charge in [-0.15, -0.1) is 0 Å². The van der Waals surface area contributed by atoms with Gasteiger partial charge in [-0.05, 0) is 30.3 Å². The summed E-state index contributed by atoms with van der Waals surface area (Å²) in [5.74, 6) is 0. The van der Waals surface area contributed by atoms with E-state index in [2.05, 4.69) is 9.97 Å². The highest BCUT2D eigenvalue weighted by Crippen LogP contribution is 2.23. The number of likely N-dealkylation sites (tertiary alicyclic amines) is 1. The number of benzene rings is 2.